The molecule has 1 aliphatic heterocycles. The van der Waals surface area contributed by atoms with Gasteiger partial charge in [0, 0.05) is 45.3 Å². The summed E-state index contributed by atoms with van der Waals surface area (Å²) in [6.07, 6.45) is 0. The largest absolute Gasteiger partial charge is 0.344 e. The van der Waals surface area contributed by atoms with Crippen LogP contribution < -0.4 is 5.32 Å². The number of aryl methyl sites for hydroxylation is 1. The maximum Gasteiger partial charge on any atom is 0.265 e. The van der Waals surface area contributed by atoms with E-state index in [1.165, 1.54) is 21.3 Å². The minimum atomic E-state index is -3.59. The number of aromatic nitrogens is 1. The summed E-state index contributed by atoms with van der Waals surface area (Å²) in [6, 6.07) is 6.07. The van der Waals surface area contributed by atoms with Gasteiger partial charge in [-0.2, -0.15) is 4.31 Å². The van der Waals surface area contributed by atoms with Gasteiger partial charge in [0.1, 0.15) is 4.88 Å². The number of anilines is 1. The molecule has 0 unspecified atom stereocenters. The van der Waals surface area contributed by atoms with Gasteiger partial charge in [-0.1, -0.05) is 22.9 Å². The quantitative estimate of drug-likeness (QED) is 0.668. The molecular formula is C19H24ClN5O4S2. The summed E-state index contributed by atoms with van der Waals surface area (Å²) < 4.78 is 26.9. The Hall–Kier alpha value is -2.05. The molecule has 168 valence electrons. The fourth-order valence-corrected chi connectivity index (χ4v) is 5.65. The van der Waals surface area contributed by atoms with Crippen molar-refractivity contribution in [1.82, 2.24) is 19.1 Å². The topological polar surface area (TPSA) is 103 Å². The minimum absolute atomic E-state index is 0.115. The van der Waals surface area contributed by atoms with E-state index >= 15 is 0 Å². The molecule has 0 bridgehead atoms. The van der Waals surface area contributed by atoms with Crippen LogP contribution in [0, 0.1) is 6.92 Å². The molecule has 0 spiro atoms. The molecule has 1 N–H and O–H groups in total. The van der Waals surface area contributed by atoms with Crippen LogP contribution in [-0.2, 0) is 14.8 Å². The van der Waals surface area contributed by atoms with Gasteiger partial charge in [-0.15, -0.1) is 0 Å². The number of amides is 2. The van der Waals surface area contributed by atoms with Crippen LogP contribution in [0.5, 0.6) is 0 Å². The van der Waals surface area contributed by atoms with E-state index in [2.05, 4.69) is 10.3 Å². The normalized spacial score (nSPS) is 15.6. The number of piperazine rings is 1. The van der Waals surface area contributed by atoms with Crippen LogP contribution in [0.3, 0.4) is 0 Å². The highest BCUT2D eigenvalue weighted by molar-refractivity contribution is 7.89. The number of hydrogen-bond donors (Lipinski definition) is 1. The Labute approximate surface area is 190 Å². The van der Waals surface area contributed by atoms with Crippen LogP contribution in [0.1, 0.15) is 15.4 Å². The molecule has 0 saturated carbocycles. The summed E-state index contributed by atoms with van der Waals surface area (Å²) in [5.74, 6) is -0.417. The van der Waals surface area contributed by atoms with E-state index in [-0.39, 0.29) is 36.3 Å². The molecular weight excluding hydrogens is 462 g/mol. The van der Waals surface area contributed by atoms with E-state index in [4.69, 9.17) is 11.6 Å². The molecule has 0 atom stereocenters. The van der Waals surface area contributed by atoms with Crippen LogP contribution in [0.25, 0.3) is 0 Å². The summed E-state index contributed by atoms with van der Waals surface area (Å²) in [4.78, 5) is 32.8. The zero-order valence-corrected chi connectivity index (χ0v) is 19.9. The highest BCUT2D eigenvalue weighted by Gasteiger charge is 2.29. The van der Waals surface area contributed by atoms with Gasteiger partial charge in [-0.25, -0.2) is 13.4 Å². The number of nitrogens with zero attached hydrogens (tertiary/aromatic N) is 4. The molecule has 1 aliphatic rings. The Balaban J connectivity index is 1.54. The Morgan fingerprint density at radius 1 is 1.16 bits per heavy atom. The van der Waals surface area contributed by atoms with Gasteiger partial charge in [0.2, 0.25) is 15.9 Å². The lowest BCUT2D eigenvalue weighted by Gasteiger charge is -2.33. The van der Waals surface area contributed by atoms with Crippen LogP contribution >= 0.6 is 22.9 Å². The van der Waals surface area contributed by atoms with Gasteiger partial charge in [0.05, 0.1) is 17.1 Å². The van der Waals surface area contributed by atoms with Gasteiger partial charge in [-0.3, -0.25) is 14.5 Å². The number of nitrogens with one attached hydrogen (secondary N) is 1. The third kappa shape index (κ3) is 5.60. The first kappa shape index (κ1) is 23.6. The third-order valence-electron chi connectivity index (χ3n) is 4.79. The first-order chi connectivity index (χ1) is 14.6. The molecule has 3 rings (SSSR count). The average Bonchev–Trinajstić information content (AvgIpc) is 3.07. The number of benzene rings is 1. The number of carbonyl (C=O) groups excluding carboxylic acids is 2. The first-order valence-electron chi connectivity index (χ1n) is 9.55. The van der Waals surface area contributed by atoms with Crippen LogP contribution in [0.15, 0.2) is 29.2 Å². The summed E-state index contributed by atoms with van der Waals surface area (Å²) in [5.41, 5.74) is 0.569. The molecule has 2 heterocycles. The average molecular weight is 486 g/mol. The lowest BCUT2D eigenvalue weighted by molar-refractivity contribution is -0.117. The molecule has 12 heteroatoms. The van der Waals surface area contributed by atoms with Crippen molar-refractivity contribution >= 4 is 49.9 Å². The van der Waals surface area contributed by atoms with E-state index in [9.17, 15) is 18.0 Å². The van der Waals surface area contributed by atoms with Crippen molar-refractivity contribution in [2.75, 3.05) is 52.1 Å². The Kier molecular flexibility index (Phi) is 7.32. The van der Waals surface area contributed by atoms with E-state index in [1.807, 2.05) is 4.90 Å². The monoisotopic (exact) mass is 485 g/mol. The smallest absolute Gasteiger partial charge is 0.265 e. The number of hydrogen-bond acceptors (Lipinski definition) is 7. The Bertz CT molecular complexity index is 1060. The predicted octanol–water partition coefficient (Wildman–Crippen LogP) is 1.75. The number of rotatable bonds is 6. The van der Waals surface area contributed by atoms with Crippen molar-refractivity contribution in [1.29, 1.82) is 0 Å². The number of sulfonamides is 1. The maximum absolute atomic E-state index is 12.8. The lowest BCUT2D eigenvalue weighted by Crippen LogP contribution is -2.50. The number of carbonyl (C=O) groups is 2. The third-order valence-corrected chi connectivity index (χ3v) is 8.02. The minimum Gasteiger partial charge on any atom is -0.344 e. The SMILES string of the molecule is Cc1nc(NC(=O)CN2CCN(S(=O)(=O)c3ccc(Cl)cc3)CC2)sc1C(=O)N(C)C. The highest BCUT2D eigenvalue weighted by Crippen LogP contribution is 2.24. The highest BCUT2D eigenvalue weighted by atomic mass is 35.5. The van der Waals surface area contributed by atoms with E-state index in [0.717, 1.165) is 11.3 Å². The zero-order chi connectivity index (χ0) is 22.8. The molecule has 31 heavy (non-hydrogen) atoms. The molecule has 9 nitrogen and oxygen atoms in total. The van der Waals surface area contributed by atoms with Gasteiger partial charge in [0.25, 0.3) is 5.91 Å². The van der Waals surface area contributed by atoms with Crippen molar-refractivity contribution in [2.24, 2.45) is 0 Å². The molecule has 1 saturated heterocycles. The van der Waals surface area contributed by atoms with Gasteiger partial charge in [-0.05, 0) is 31.2 Å². The summed E-state index contributed by atoms with van der Waals surface area (Å²) in [7, 11) is -0.275. The van der Waals surface area contributed by atoms with Crippen molar-refractivity contribution < 1.29 is 18.0 Å². The van der Waals surface area contributed by atoms with E-state index < -0.39 is 10.0 Å². The van der Waals surface area contributed by atoms with Crippen molar-refractivity contribution in [3.05, 3.63) is 39.9 Å². The molecule has 0 aliphatic carbocycles. The molecule has 1 aromatic carbocycles. The standard InChI is InChI=1S/C19H24ClN5O4S2/c1-13-17(18(27)23(2)3)30-19(21-13)22-16(26)12-24-8-10-25(11-9-24)31(28,29)15-6-4-14(20)5-7-15/h4-7H,8-12H2,1-3H3,(H,21,22,26). The van der Waals surface area contributed by atoms with Crippen molar-refractivity contribution in [3.8, 4) is 0 Å². The molecule has 2 aromatic rings. The van der Waals surface area contributed by atoms with Crippen LogP contribution in [0.4, 0.5) is 5.13 Å². The van der Waals surface area contributed by atoms with Gasteiger partial charge < -0.3 is 10.2 Å². The second-order valence-corrected chi connectivity index (χ2v) is 10.7. The Morgan fingerprint density at radius 2 is 1.77 bits per heavy atom. The molecule has 2 amide bonds. The van der Waals surface area contributed by atoms with Crippen molar-refractivity contribution in [3.63, 3.8) is 0 Å². The second kappa shape index (κ2) is 9.61. The van der Waals surface area contributed by atoms with E-state index in [0.29, 0.717) is 33.8 Å². The molecule has 1 aromatic heterocycles. The summed E-state index contributed by atoms with van der Waals surface area (Å²) in [5, 5.41) is 3.58. The molecule has 0 radical (unpaired) electrons. The van der Waals surface area contributed by atoms with E-state index in [1.54, 1.807) is 33.2 Å². The van der Waals surface area contributed by atoms with Crippen LogP contribution in [0.2, 0.25) is 5.02 Å². The second-order valence-electron chi connectivity index (χ2n) is 7.32. The van der Waals surface area contributed by atoms with Crippen molar-refractivity contribution in [2.45, 2.75) is 11.8 Å². The number of thiazole rings is 1. The number of halogens is 1. The maximum atomic E-state index is 12.8. The summed E-state index contributed by atoms with van der Waals surface area (Å²) >= 11 is 6.98. The first-order valence-corrected chi connectivity index (χ1v) is 12.2. The molecule has 1 fully saturated rings. The Morgan fingerprint density at radius 3 is 2.35 bits per heavy atom. The lowest BCUT2D eigenvalue weighted by atomic mass is 10.3. The fourth-order valence-electron chi connectivity index (χ4n) is 3.10. The fraction of sp³-hybridized carbons (Fsp3) is 0.421. The summed E-state index contributed by atoms with van der Waals surface area (Å²) in [6.45, 7) is 3.28. The van der Waals surface area contributed by atoms with Crippen LogP contribution in [-0.4, -0.2) is 86.1 Å². The van der Waals surface area contributed by atoms with Gasteiger partial charge in [0.15, 0.2) is 5.13 Å². The van der Waals surface area contributed by atoms with Gasteiger partial charge >= 0.3 is 0 Å². The predicted molar refractivity (Wildman–Crippen MR) is 120 cm³/mol. The zero-order valence-electron chi connectivity index (χ0n) is 17.5.